The molecule has 0 aliphatic carbocycles. The molecule has 1 N–H and O–H groups in total. The van der Waals surface area contributed by atoms with Gasteiger partial charge in [0.05, 0.1) is 10.4 Å². The Bertz CT molecular complexity index is 881. The van der Waals surface area contributed by atoms with Crippen LogP contribution in [0.2, 0.25) is 5.02 Å². The number of nitrogens with zero attached hydrogens (tertiary/aromatic N) is 2. The molecule has 118 valence electrons. The number of hydrogen-bond acceptors (Lipinski definition) is 6. The minimum absolute atomic E-state index is 0.529. The molecule has 0 saturated carbocycles. The number of hydrogen-bond donors (Lipinski definition) is 1. The Morgan fingerprint density at radius 3 is 3.00 bits per heavy atom. The van der Waals surface area contributed by atoms with Crippen LogP contribution >= 0.6 is 22.9 Å². The van der Waals surface area contributed by atoms with E-state index in [2.05, 4.69) is 28.3 Å². The van der Waals surface area contributed by atoms with Gasteiger partial charge in [-0.3, -0.25) is 0 Å². The van der Waals surface area contributed by atoms with E-state index >= 15 is 0 Å². The molecule has 4 rings (SSSR count). The number of aryl methyl sites for hydroxylation is 1. The molecule has 0 radical (unpaired) electrons. The highest BCUT2D eigenvalue weighted by molar-refractivity contribution is 7.18. The molecule has 1 aromatic carbocycles. The summed E-state index contributed by atoms with van der Waals surface area (Å²) in [6.45, 7) is 3.73. The van der Waals surface area contributed by atoms with Gasteiger partial charge in [0, 0.05) is 11.4 Å². The molecule has 1 aliphatic rings. The van der Waals surface area contributed by atoms with Crippen molar-refractivity contribution < 1.29 is 9.47 Å². The molecule has 3 aromatic rings. The Hall–Kier alpha value is -2.05. The average Bonchev–Trinajstić information content (AvgIpc) is 2.94. The van der Waals surface area contributed by atoms with E-state index in [1.54, 1.807) is 17.7 Å². The van der Waals surface area contributed by atoms with Gasteiger partial charge in [0.25, 0.3) is 0 Å². The Balaban J connectivity index is 1.60. The van der Waals surface area contributed by atoms with Gasteiger partial charge in [-0.25, -0.2) is 9.97 Å². The Morgan fingerprint density at radius 2 is 2.09 bits per heavy atom. The van der Waals surface area contributed by atoms with Crippen molar-refractivity contribution in [3.05, 3.63) is 40.0 Å². The maximum Gasteiger partial charge on any atom is 0.179 e. The largest absolute Gasteiger partial charge is 0.486 e. The maximum atomic E-state index is 6.27. The van der Waals surface area contributed by atoms with Gasteiger partial charge in [-0.15, -0.1) is 11.3 Å². The number of aromatic nitrogens is 2. The second-order valence-electron chi connectivity index (χ2n) is 5.25. The lowest BCUT2D eigenvalue weighted by atomic mass is 10.2. The summed E-state index contributed by atoms with van der Waals surface area (Å²) >= 11 is 7.93. The number of ether oxygens (including phenoxy) is 2. The van der Waals surface area contributed by atoms with Crippen LogP contribution in [0.3, 0.4) is 0 Å². The molecule has 5 nitrogen and oxygen atoms in total. The fourth-order valence-corrected chi connectivity index (χ4v) is 3.70. The first-order valence-corrected chi connectivity index (χ1v) is 8.43. The average molecular weight is 348 g/mol. The van der Waals surface area contributed by atoms with Gasteiger partial charge < -0.3 is 14.8 Å². The topological polar surface area (TPSA) is 56.3 Å². The summed E-state index contributed by atoms with van der Waals surface area (Å²) in [5, 5.41) is 4.96. The number of fused-ring (bicyclic) bond motifs is 2. The summed E-state index contributed by atoms with van der Waals surface area (Å²) in [6.07, 6.45) is 1.58. The second kappa shape index (κ2) is 5.86. The second-order valence-corrected chi connectivity index (χ2v) is 6.90. The van der Waals surface area contributed by atoms with Crippen LogP contribution in [0.4, 0.5) is 5.82 Å². The normalized spacial score (nSPS) is 13.3. The Kier molecular flexibility index (Phi) is 3.71. The minimum atomic E-state index is 0.529. The van der Waals surface area contributed by atoms with Crippen molar-refractivity contribution >= 4 is 39.0 Å². The Morgan fingerprint density at radius 1 is 1.22 bits per heavy atom. The van der Waals surface area contributed by atoms with Gasteiger partial charge >= 0.3 is 0 Å². The van der Waals surface area contributed by atoms with E-state index in [1.807, 2.05) is 12.1 Å². The van der Waals surface area contributed by atoms with Gasteiger partial charge in [-0.1, -0.05) is 11.6 Å². The highest BCUT2D eigenvalue weighted by atomic mass is 35.5. The van der Waals surface area contributed by atoms with E-state index in [-0.39, 0.29) is 0 Å². The zero-order valence-electron chi connectivity index (χ0n) is 12.4. The van der Waals surface area contributed by atoms with Crippen molar-refractivity contribution in [3.63, 3.8) is 0 Å². The number of anilines is 1. The maximum absolute atomic E-state index is 6.27. The van der Waals surface area contributed by atoms with E-state index in [0.29, 0.717) is 36.3 Å². The zero-order chi connectivity index (χ0) is 15.8. The highest BCUT2D eigenvalue weighted by Gasteiger charge is 2.16. The van der Waals surface area contributed by atoms with Gasteiger partial charge in [0.15, 0.2) is 11.5 Å². The van der Waals surface area contributed by atoms with Crippen molar-refractivity contribution in [1.82, 2.24) is 9.97 Å². The van der Waals surface area contributed by atoms with Crippen molar-refractivity contribution in [2.24, 2.45) is 0 Å². The smallest absolute Gasteiger partial charge is 0.179 e. The fourth-order valence-electron chi connectivity index (χ4n) is 2.57. The van der Waals surface area contributed by atoms with Crippen LogP contribution in [0.25, 0.3) is 10.2 Å². The molecule has 0 atom stereocenters. The van der Waals surface area contributed by atoms with Crippen LogP contribution in [-0.2, 0) is 6.54 Å². The first-order valence-electron chi connectivity index (χ1n) is 7.24. The Labute approximate surface area is 142 Å². The van der Waals surface area contributed by atoms with Gasteiger partial charge in [-0.05, 0) is 30.7 Å². The third-order valence-electron chi connectivity index (χ3n) is 3.57. The van der Waals surface area contributed by atoms with E-state index in [0.717, 1.165) is 21.6 Å². The van der Waals surface area contributed by atoms with Crippen LogP contribution < -0.4 is 14.8 Å². The van der Waals surface area contributed by atoms with Gasteiger partial charge in [0.2, 0.25) is 0 Å². The predicted octanol–water partition coefficient (Wildman–Crippen LogP) is 4.04. The minimum Gasteiger partial charge on any atom is -0.486 e. The quantitative estimate of drug-likeness (QED) is 0.775. The lowest BCUT2D eigenvalue weighted by Gasteiger charge is -2.20. The number of benzene rings is 1. The summed E-state index contributed by atoms with van der Waals surface area (Å²) in [5.74, 6) is 2.14. The molecule has 23 heavy (non-hydrogen) atoms. The zero-order valence-corrected chi connectivity index (χ0v) is 14.0. The summed E-state index contributed by atoms with van der Waals surface area (Å²) in [7, 11) is 0. The molecule has 7 heteroatoms. The number of halogens is 1. The molecule has 0 saturated heterocycles. The molecular weight excluding hydrogens is 334 g/mol. The van der Waals surface area contributed by atoms with Crippen LogP contribution in [-0.4, -0.2) is 23.2 Å². The van der Waals surface area contributed by atoms with Crippen molar-refractivity contribution in [1.29, 1.82) is 0 Å². The third kappa shape index (κ3) is 2.80. The summed E-state index contributed by atoms with van der Waals surface area (Å²) in [5.41, 5.74) is 1.01. The molecule has 2 aromatic heterocycles. The van der Waals surface area contributed by atoms with Gasteiger partial charge in [-0.2, -0.15) is 0 Å². The summed E-state index contributed by atoms with van der Waals surface area (Å²) in [4.78, 5) is 10.8. The number of nitrogens with one attached hydrogen (secondary N) is 1. The molecule has 0 amide bonds. The highest BCUT2D eigenvalue weighted by Crippen LogP contribution is 2.38. The standard InChI is InChI=1S/C16H14ClN3O2S/c1-9-4-11-15(19-8-20-16(11)23-9)18-7-10-5-12(17)14-13(6-10)21-2-3-22-14/h4-6,8H,2-3,7H2,1H3,(H,18,19,20). The molecule has 3 heterocycles. The monoisotopic (exact) mass is 347 g/mol. The SMILES string of the molecule is Cc1cc2c(NCc3cc(Cl)c4c(c3)OCCO4)ncnc2s1. The van der Waals surface area contributed by atoms with Crippen LogP contribution in [0.5, 0.6) is 11.5 Å². The van der Waals surface area contributed by atoms with Crippen molar-refractivity contribution in [2.75, 3.05) is 18.5 Å². The molecule has 1 aliphatic heterocycles. The van der Waals surface area contributed by atoms with E-state index in [9.17, 15) is 0 Å². The van der Waals surface area contributed by atoms with Crippen molar-refractivity contribution in [2.45, 2.75) is 13.5 Å². The van der Waals surface area contributed by atoms with Crippen LogP contribution in [0, 0.1) is 6.92 Å². The van der Waals surface area contributed by atoms with E-state index < -0.39 is 0 Å². The van der Waals surface area contributed by atoms with Crippen molar-refractivity contribution in [3.8, 4) is 11.5 Å². The summed E-state index contributed by atoms with van der Waals surface area (Å²) in [6, 6.07) is 5.93. The first kappa shape index (κ1) is 14.5. The molecule has 0 unspecified atom stereocenters. The first-order chi connectivity index (χ1) is 11.2. The van der Waals surface area contributed by atoms with Crippen LogP contribution in [0.15, 0.2) is 24.5 Å². The predicted molar refractivity (Wildman–Crippen MR) is 91.9 cm³/mol. The molecule has 0 spiro atoms. The molecular formula is C16H14ClN3O2S. The van der Waals surface area contributed by atoms with Crippen LogP contribution in [0.1, 0.15) is 10.4 Å². The number of thiophene rings is 1. The van der Waals surface area contributed by atoms with E-state index in [1.165, 1.54) is 4.88 Å². The number of rotatable bonds is 3. The molecule has 0 fully saturated rings. The lowest BCUT2D eigenvalue weighted by Crippen LogP contribution is -2.16. The van der Waals surface area contributed by atoms with E-state index in [4.69, 9.17) is 21.1 Å². The lowest BCUT2D eigenvalue weighted by molar-refractivity contribution is 0.171. The summed E-state index contributed by atoms with van der Waals surface area (Å²) < 4.78 is 11.1. The van der Waals surface area contributed by atoms with Gasteiger partial charge in [0.1, 0.15) is 30.2 Å². The fraction of sp³-hybridized carbons (Fsp3) is 0.250. The molecule has 0 bridgehead atoms. The third-order valence-corrected chi connectivity index (χ3v) is 4.81.